The summed E-state index contributed by atoms with van der Waals surface area (Å²) in [5.74, 6) is 0.697. The van der Waals surface area contributed by atoms with Crippen LogP contribution in [0.2, 0.25) is 0 Å². The number of rotatable bonds is 6. The summed E-state index contributed by atoms with van der Waals surface area (Å²) in [4.78, 5) is 2.67. The summed E-state index contributed by atoms with van der Waals surface area (Å²) >= 11 is 0. The lowest BCUT2D eigenvalue weighted by Gasteiger charge is -2.14. The topological polar surface area (TPSA) is 75.3 Å². The van der Waals surface area contributed by atoms with E-state index in [0.29, 0.717) is 28.6 Å². The number of nitrogens with zero attached hydrogens (tertiary/aromatic N) is 2. The summed E-state index contributed by atoms with van der Waals surface area (Å²) in [6.45, 7) is 3.78. The molecular formula is C23H23N3O3S. The lowest BCUT2D eigenvalue weighted by molar-refractivity contribution is 0.238. The normalized spacial score (nSPS) is 15.2. The zero-order valence-electron chi connectivity index (χ0n) is 16.5. The van der Waals surface area contributed by atoms with Crippen LogP contribution in [0.1, 0.15) is 12.8 Å². The maximum atomic E-state index is 13.4. The van der Waals surface area contributed by atoms with Crippen LogP contribution in [0.25, 0.3) is 21.7 Å². The number of fused-ring (bicyclic) bond motifs is 2. The van der Waals surface area contributed by atoms with Crippen molar-refractivity contribution in [3.63, 3.8) is 0 Å². The van der Waals surface area contributed by atoms with E-state index < -0.39 is 9.84 Å². The molecule has 0 amide bonds. The van der Waals surface area contributed by atoms with Crippen LogP contribution < -0.4 is 4.74 Å². The van der Waals surface area contributed by atoms with Gasteiger partial charge in [0.1, 0.15) is 12.4 Å². The number of likely N-dealkylation sites (tertiary alicyclic amines) is 1. The molecule has 1 N–H and O–H groups in total. The Kier molecular flexibility index (Phi) is 4.92. The molecule has 0 radical (unpaired) electrons. The van der Waals surface area contributed by atoms with E-state index in [1.54, 1.807) is 24.3 Å². The number of H-pyrrole nitrogens is 1. The minimum absolute atomic E-state index is 0.109. The molecular weight excluding hydrogens is 398 g/mol. The first-order chi connectivity index (χ1) is 14.6. The quantitative estimate of drug-likeness (QED) is 0.509. The van der Waals surface area contributed by atoms with Crippen LogP contribution in [-0.4, -0.2) is 49.8 Å². The van der Waals surface area contributed by atoms with Gasteiger partial charge in [-0.05, 0) is 49.5 Å². The molecule has 1 aromatic heterocycles. The van der Waals surface area contributed by atoms with E-state index >= 15 is 0 Å². The van der Waals surface area contributed by atoms with Crippen molar-refractivity contribution in [3.05, 3.63) is 60.7 Å². The average Bonchev–Trinajstić information content (AvgIpc) is 3.43. The zero-order chi connectivity index (χ0) is 20.6. The zero-order valence-corrected chi connectivity index (χ0v) is 17.4. The number of hydrogen-bond donors (Lipinski definition) is 1. The van der Waals surface area contributed by atoms with E-state index in [1.807, 2.05) is 36.4 Å². The van der Waals surface area contributed by atoms with Gasteiger partial charge in [-0.2, -0.15) is 5.10 Å². The SMILES string of the molecule is O=S(=O)(c1cccc2ccccc12)c1[nH]nc2cc(OCCN3CCCC3)ccc12. The summed E-state index contributed by atoms with van der Waals surface area (Å²) in [6.07, 6.45) is 2.51. The van der Waals surface area contributed by atoms with Crippen molar-refractivity contribution in [2.75, 3.05) is 26.2 Å². The van der Waals surface area contributed by atoms with Crippen molar-refractivity contribution in [3.8, 4) is 5.75 Å². The van der Waals surface area contributed by atoms with Gasteiger partial charge in [0.05, 0.1) is 10.4 Å². The van der Waals surface area contributed by atoms with Gasteiger partial charge in [-0.25, -0.2) is 8.42 Å². The van der Waals surface area contributed by atoms with Gasteiger partial charge in [0.15, 0.2) is 5.03 Å². The van der Waals surface area contributed by atoms with Crippen LogP contribution in [0.3, 0.4) is 0 Å². The first-order valence-corrected chi connectivity index (χ1v) is 11.7. The van der Waals surface area contributed by atoms with Gasteiger partial charge in [0.2, 0.25) is 9.84 Å². The minimum Gasteiger partial charge on any atom is -0.492 e. The number of sulfone groups is 1. The Labute approximate surface area is 175 Å². The highest BCUT2D eigenvalue weighted by molar-refractivity contribution is 7.91. The number of aromatic nitrogens is 2. The summed E-state index contributed by atoms with van der Waals surface area (Å²) in [6, 6.07) is 18.2. The lowest BCUT2D eigenvalue weighted by atomic mass is 10.1. The van der Waals surface area contributed by atoms with Crippen molar-refractivity contribution >= 4 is 31.5 Å². The van der Waals surface area contributed by atoms with Gasteiger partial charge in [-0.15, -0.1) is 0 Å². The van der Waals surface area contributed by atoms with E-state index in [-0.39, 0.29) is 9.92 Å². The number of aromatic amines is 1. The van der Waals surface area contributed by atoms with E-state index in [0.717, 1.165) is 25.0 Å². The van der Waals surface area contributed by atoms with Crippen LogP contribution in [-0.2, 0) is 9.84 Å². The van der Waals surface area contributed by atoms with Crippen molar-refractivity contribution < 1.29 is 13.2 Å². The molecule has 154 valence electrons. The summed E-state index contributed by atoms with van der Waals surface area (Å²) in [7, 11) is -3.76. The number of hydrogen-bond acceptors (Lipinski definition) is 5. The Hall–Kier alpha value is -2.90. The third kappa shape index (κ3) is 3.44. The Morgan fingerprint density at radius 3 is 2.63 bits per heavy atom. The van der Waals surface area contributed by atoms with Gasteiger partial charge in [0, 0.05) is 23.4 Å². The highest BCUT2D eigenvalue weighted by atomic mass is 32.2. The second-order valence-electron chi connectivity index (χ2n) is 7.61. The molecule has 1 aliphatic rings. The fourth-order valence-electron chi connectivity index (χ4n) is 4.10. The highest BCUT2D eigenvalue weighted by Crippen LogP contribution is 2.32. The Morgan fingerprint density at radius 2 is 1.77 bits per heavy atom. The summed E-state index contributed by atoms with van der Waals surface area (Å²) < 4.78 is 32.7. The third-order valence-corrected chi connectivity index (χ3v) is 7.46. The maximum absolute atomic E-state index is 13.4. The first-order valence-electron chi connectivity index (χ1n) is 10.2. The van der Waals surface area contributed by atoms with Crippen molar-refractivity contribution in [2.24, 2.45) is 0 Å². The molecule has 1 fully saturated rings. The van der Waals surface area contributed by atoms with Crippen molar-refractivity contribution in [1.29, 1.82) is 0 Å². The van der Waals surface area contributed by atoms with E-state index in [9.17, 15) is 8.42 Å². The molecule has 0 atom stereocenters. The first kappa shape index (κ1) is 19.1. The molecule has 30 heavy (non-hydrogen) atoms. The maximum Gasteiger partial charge on any atom is 0.224 e. The number of benzene rings is 3. The Bertz CT molecular complexity index is 1300. The second kappa shape index (κ2) is 7.74. The van der Waals surface area contributed by atoms with E-state index in [2.05, 4.69) is 15.1 Å². The summed E-state index contributed by atoms with van der Waals surface area (Å²) in [5, 5.41) is 9.24. The average molecular weight is 422 g/mol. The van der Waals surface area contributed by atoms with Crippen LogP contribution in [0, 0.1) is 0 Å². The Balaban J connectivity index is 1.44. The molecule has 7 heteroatoms. The van der Waals surface area contributed by atoms with E-state index in [4.69, 9.17) is 4.74 Å². The van der Waals surface area contributed by atoms with Gasteiger partial charge in [0.25, 0.3) is 0 Å². The largest absolute Gasteiger partial charge is 0.492 e. The smallest absolute Gasteiger partial charge is 0.224 e. The van der Waals surface area contributed by atoms with Gasteiger partial charge in [-0.1, -0.05) is 36.4 Å². The molecule has 5 rings (SSSR count). The minimum atomic E-state index is -3.76. The van der Waals surface area contributed by atoms with Crippen molar-refractivity contribution in [1.82, 2.24) is 15.1 Å². The van der Waals surface area contributed by atoms with E-state index in [1.165, 1.54) is 12.8 Å². The molecule has 1 aliphatic heterocycles. The van der Waals surface area contributed by atoms with Crippen LogP contribution in [0.4, 0.5) is 0 Å². The molecule has 2 heterocycles. The number of ether oxygens (including phenoxy) is 1. The molecule has 3 aromatic carbocycles. The lowest BCUT2D eigenvalue weighted by Crippen LogP contribution is -2.25. The molecule has 4 aromatic rings. The van der Waals surface area contributed by atoms with Crippen LogP contribution in [0.5, 0.6) is 5.75 Å². The highest BCUT2D eigenvalue weighted by Gasteiger charge is 2.25. The fraction of sp³-hybridized carbons (Fsp3) is 0.261. The second-order valence-corrected chi connectivity index (χ2v) is 9.46. The number of nitrogens with one attached hydrogen (secondary N) is 1. The monoisotopic (exact) mass is 421 g/mol. The van der Waals surface area contributed by atoms with Crippen LogP contribution >= 0.6 is 0 Å². The molecule has 0 aliphatic carbocycles. The molecule has 0 unspecified atom stereocenters. The third-order valence-electron chi connectivity index (χ3n) is 5.67. The molecule has 0 spiro atoms. The van der Waals surface area contributed by atoms with Gasteiger partial charge in [-0.3, -0.25) is 10.00 Å². The van der Waals surface area contributed by atoms with Crippen molar-refractivity contribution in [2.45, 2.75) is 22.8 Å². The molecule has 1 saturated heterocycles. The predicted molar refractivity (Wildman–Crippen MR) is 117 cm³/mol. The van der Waals surface area contributed by atoms with Gasteiger partial charge >= 0.3 is 0 Å². The molecule has 0 saturated carbocycles. The fourth-order valence-corrected chi connectivity index (χ4v) is 5.68. The summed E-state index contributed by atoms with van der Waals surface area (Å²) in [5.41, 5.74) is 0.576. The Morgan fingerprint density at radius 1 is 0.967 bits per heavy atom. The molecule has 6 nitrogen and oxygen atoms in total. The van der Waals surface area contributed by atoms with Gasteiger partial charge < -0.3 is 4.74 Å². The molecule has 0 bridgehead atoms. The standard InChI is InChI=1S/C23H23N3O3S/c27-30(28,22-9-5-7-17-6-1-2-8-19(17)22)23-20-11-10-18(16-21(20)24-25-23)29-15-14-26-12-3-4-13-26/h1-2,5-11,16H,3-4,12-15H2,(H,24,25). The predicted octanol–water partition coefficient (Wildman–Crippen LogP) is 4.02. The van der Waals surface area contributed by atoms with Crippen LogP contribution in [0.15, 0.2) is 70.6 Å².